The number of hydrogen-bond acceptors (Lipinski definition) is 9. The average Bonchev–Trinajstić information content (AvgIpc) is 3.27. The van der Waals surface area contributed by atoms with Crippen LogP contribution in [0.1, 0.15) is 27.0 Å². The zero-order valence-corrected chi connectivity index (χ0v) is 22.0. The SMILES string of the molecule is COc1cc(OC)c(OC)cc1/C=C1\Oc2c(ccc3c2CN(Cc2ccc(OC)c(OC)c2)CO3)C1=O. The molecule has 0 saturated carbocycles. The molecule has 0 unspecified atom stereocenters. The largest absolute Gasteiger partial charge is 0.496 e. The van der Waals surface area contributed by atoms with Gasteiger partial charge in [0.1, 0.15) is 24.0 Å². The second-order valence-corrected chi connectivity index (χ2v) is 8.76. The summed E-state index contributed by atoms with van der Waals surface area (Å²) in [6.07, 6.45) is 1.65. The first-order valence-corrected chi connectivity index (χ1v) is 12.0. The summed E-state index contributed by atoms with van der Waals surface area (Å²) in [6.45, 7) is 1.57. The molecule has 3 aromatic rings. The molecule has 0 saturated heterocycles. The summed E-state index contributed by atoms with van der Waals surface area (Å²) in [5, 5.41) is 0. The molecule has 0 spiro atoms. The number of nitrogens with zero attached hydrogens (tertiary/aromatic N) is 1. The maximum absolute atomic E-state index is 13.3. The van der Waals surface area contributed by atoms with Crippen molar-refractivity contribution in [1.82, 2.24) is 4.90 Å². The summed E-state index contributed by atoms with van der Waals surface area (Å²) in [4.78, 5) is 15.4. The highest BCUT2D eigenvalue weighted by molar-refractivity contribution is 6.15. The van der Waals surface area contributed by atoms with Crippen LogP contribution in [0.2, 0.25) is 0 Å². The number of hydrogen-bond donors (Lipinski definition) is 0. The number of ether oxygens (including phenoxy) is 7. The lowest BCUT2D eigenvalue weighted by atomic mass is 10.0. The van der Waals surface area contributed by atoms with E-state index in [0.717, 1.165) is 11.1 Å². The van der Waals surface area contributed by atoms with E-state index in [9.17, 15) is 4.79 Å². The number of benzene rings is 3. The molecule has 0 amide bonds. The molecule has 0 radical (unpaired) electrons. The summed E-state index contributed by atoms with van der Waals surface area (Å²) in [5.41, 5.74) is 2.98. The van der Waals surface area contributed by atoms with Crippen LogP contribution >= 0.6 is 0 Å². The van der Waals surface area contributed by atoms with Crippen molar-refractivity contribution < 1.29 is 38.0 Å². The molecule has 38 heavy (non-hydrogen) atoms. The number of carbonyl (C=O) groups excluding carboxylic acids is 1. The van der Waals surface area contributed by atoms with Crippen molar-refractivity contribution >= 4 is 11.9 Å². The Balaban J connectivity index is 1.42. The van der Waals surface area contributed by atoms with E-state index in [1.54, 1.807) is 59.8 Å². The molecule has 0 aliphatic carbocycles. The lowest BCUT2D eigenvalue weighted by Gasteiger charge is -2.29. The van der Waals surface area contributed by atoms with Crippen LogP contribution in [0, 0.1) is 0 Å². The van der Waals surface area contributed by atoms with Gasteiger partial charge in [-0.05, 0) is 42.0 Å². The quantitative estimate of drug-likeness (QED) is 0.393. The van der Waals surface area contributed by atoms with E-state index in [4.69, 9.17) is 33.2 Å². The summed E-state index contributed by atoms with van der Waals surface area (Å²) in [5.74, 6) is 4.08. The molecule has 2 heterocycles. The molecule has 0 bridgehead atoms. The molecule has 2 aliphatic rings. The lowest BCUT2D eigenvalue weighted by Crippen LogP contribution is -2.31. The maximum Gasteiger partial charge on any atom is 0.231 e. The molecule has 9 heteroatoms. The summed E-state index contributed by atoms with van der Waals surface area (Å²) in [6, 6.07) is 12.8. The standard InChI is InChI=1S/C29H29NO8/c1-32-22-8-6-17(10-24(22)34-3)14-30-15-20-21(37-16-30)9-7-19-28(31)27(38-29(19)20)12-18-11-25(35-4)26(36-5)13-23(18)33-2/h6-13H,14-16H2,1-5H3/b27-12-. The van der Waals surface area contributed by atoms with Gasteiger partial charge in [0, 0.05) is 24.7 Å². The van der Waals surface area contributed by atoms with Gasteiger partial charge in [-0.2, -0.15) is 0 Å². The van der Waals surface area contributed by atoms with E-state index in [0.29, 0.717) is 71.2 Å². The smallest absolute Gasteiger partial charge is 0.231 e. The van der Waals surface area contributed by atoms with Gasteiger partial charge in [-0.25, -0.2) is 0 Å². The molecule has 3 aromatic carbocycles. The fraction of sp³-hybridized carbons (Fsp3) is 0.276. The summed E-state index contributed by atoms with van der Waals surface area (Å²) >= 11 is 0. The number of Topliss-reactive ketones (excluding diaryl/α,β-unsaturated/α-hetero) is 1. The van der Waals surface area contributed by atoms with Crippen molar-refractivity contribution in [3.63, 3.8) is 0 Å². The highest BCUT2D eigenvalue weighted by Crippen LogP contribution is 2.43. The van der Waals surface area contributed by atoms with Crippen molar-refractivity contribution in [1.29, 1.82) is 0 Å². The van der Waals surface area contributed by atoms with E-state index >= 15 is 0 Å². The molecule has 5 rings (SSSR count). The molecule has 198 valence electrons. The van der Waals surface area contributed by atoms with E-state index in [2.05, 4.69) is 4.90 Å². The first kappa shape index (κ1) is 25.3. The molecular formula is C29H29NO8. The zero-order chi connectivity index (χ0) is 26.8. The fourth-order valence-electron chi connectivity index (χ4n) is 4.65. The Morgan fingerprint density at radius 2 is 1.50 bits per heavy atom. The van der Waals surface area contributed by atoms with E-state index < -0.39 is 0 Å². The predicted molar refractivity (Wildman–Crippen MR) is 140 cm³/mol. The van der Waals surface area contributed by atoms with Crippen LogP contribution in [0.5, 0.6) is 40.2 Å². The second-order valence-electron chi connectivity index (χ2n) is 8.76. The number of carbonyl (C=O) groups is 1. The minimum Gasteiger partial charge on any atom is -0.496 e. The third-order valence-corrected chi connectivity index (χ3v) is 6.56. The molecule has 2 aliphatic heterocycles. The third kappa shape index (κ3) is 4.56. The van der Waals surface area contributed by atoms with Crippen LogP contribution in [-0.4, -0.2) is 53.0 Å². The number of fused-ring (bicyclic) bond motifs is 3. The van der Waals surface area contributed by atoms with Crippen molar-refractivity contribution in [2.24, 2.45) is 0 Å². The van der Waals surface area contributed by atoms with Gasteiger partial charge in [-0.3, -0.25) is 9.69 Å². The van der Waals surface area contributed by atoms with Crippen LogP contribution in [0.15, 0.2) is 48.2 Å². The molecule has 0 fully saturated rings. The number of allylic oxidation sites excluding steroid dienone is 1. The van der Waals surface area contributed by atoms with Gasteiger partial charge in [0.15, 0.2) is 28.8 Å². The van der Waals surface area contributed by atoms with Crippen molar-refractivity contribution in [3.05, 3.63) is 70.5 Å². The number of rotatable bonds is 8. The van der Waals surface area contributed by atoms with E-state index in [-0.39, 0.29) is 11.5 Å². The van der Waals surface area contributed by atoms with Gasteiger partial charge < -0.3 is 33.2 Å². The second kappa shape index (κ2) is 10.5. The number of ketones is 1. The minimum atomic E-state index is -0.211. The molecule has 0 N–H and O–H groups in total. The molecule has 0 atom stereocenters. The first-order chi connectivity index (χ1) is 18.5. The van der Waals surface area contributed by atoms with Crippen LogP contribution in [0.25, 0.3) is 6.08 Å². The van der Waals surface area contributed by atoms with Gasteiger partial charge in [0.05, 0.1) is 46.7 Å². The van der Waals surface area contributed by atoms with Gasteiger partial charge in [0.25, 0.3) is 0 Å². The van der Waals surface area contributed by atoms with Gasteiger partial charge in [0.2, 0.25) is 5.78 Å². The Labute approximate surface area is 221 Å². The van der Waals surface area contributed by atoms with Crippen LogP contribution < -0.4 is 33.2 Å². The van der Waals surface area contributed by atoms with Crippen molar-refractivity contribution in [2.45, 2.75) is 13.1 Å². The Bertz CT molecular complexity index is 1410. The normalized spacial score (nSPS) is 15.3. The Morgan fingerprint density at radius 1 is 0.816 bits per heavy atom. The van der Waals surface area contributed by atoms with Crippen LogP contribution in [0.3, 0.4) is 0 Å². The monoisotopic (exact) mass is 519 g/mol. The lowest BCUT2D eigenvalue weighted by molar-refractivity contribution is 0.0872. The van der Waals surface area contributed by atoms with Crippen molar-refractivity contribution in [2.75, 3.05) is 42.3 Å². The highest BCUT2D eigenvalue weighted by Gasteiger charge is 2.34. The topological polar surface area (TPSA) is 84.9 Å². The third-order valence-electron chi connectivity index (χ3n) is 6.56. The predicted octanol–water partition coefficient (Wildman–Crippen LogP) is 4.70. The van der Waals surface area contributed by atoms with Crippen molar-refractivity contribution in [3.8, 4) is 40.2 Å². The Kier molecular flexibility index (Phi) is 7.02. The maximum atomic E-state index is 13.3. The molecule has 0 aromatic heterocycles. The van der Waals surface area contributed by atoms with Gasteiger partial charge >= 0.3 is 0 Å². The first-order valence-electron chi connectivity index (χ1n) is 12.0. The van der Waals surface area contributed by atoms with Crippen LogP contribution in [-0.2, 0) is 13.1 Å². The molecular weight excluding hydrogens is 490 g/mol. The van der Waals surface area contributed by atoms with Gasteiger partial charge in [-0.1, -0.05) is 6.07 Å². The Hall–Kier alpha value is -4.37. The Morgan fingerprint density at radius 3 is 2.21 bits per heavy atom. The van der Waals surface area contributed by atoms with E-state index in [1.165, 1.54) is 0 Å². The number of methoxy groups -OCH3 is 5. The van der Waals surface area contributed by atoms with Gasteiger partial charge in [-0.15, -0.1) is 0 Å². The average molecular weight is 520 g/mol. The van der Waals surface area contributed by atoms with Crippen LogP contribution in [0.4, 0.5) is 0 Å². The summed E-state index contributed by atoms with van der Waals surface area (Å²) in [7, 11) is 7.88. The fourth-order valence-corrected chi connectivity index (χ4v) is 4.65. The molecule has 9 nitrogen and oxygen atoms in total. The van der Waals surface area contributed by atoms with E-state index in [1.807, 2.05) is 24.3 Å². The minimum absolute atomic E-state index is 0.191. The highest BCUT2D eigenvalue weighted by atomic mass is 16.5. The summed E-state index contributed by atoms with van der Waals surface area (Å²) < 4.78 is 39.3. The zero-order valence-electron chi connectivity index (χ0n) is 22.0.